The number of aromatic nitrogens is 2. The largest absolute Gasteiger partial charge is 0.381 e. The van der Waals surface area contributed by atoms with E-state index in [2.05, 4.69) is 28.0 Å². The fourth-order valence-electron chi connectivity index (χ4n) is 4.15. The fraction of sp³-hybridized carbons (Fsp3) is 0.458. The Morgan fingerprint density at radius 3 is 2.47 bits per heavy atom. The molecule has 1 fully saturated rings. The second-order valence-electron chi connectivity index (χ2n) is 8.71. The van der Waals surface area contributed by atoms with Gasteiger partial charge in [-0.2, -0.15) is 5.10 Å². The molecule has 0 atom stereocenters. The predicted octanol–water partition coefficient (Wildman–Crippen LogP) is 5.56. The van der Waals surface area contributed by atoms with Crippen LogP contribution in [0, 0.1) is 5.92 Å². The van der Waals surface area contributed by atoms with Gasteiger partial charge in [0.05, 0.1) is 22.1 Å². The van der Waals surface area contributed by atoms with E-state index in [1.807, 2.05) is 48.9 Å². The molecule has 2 aromatic carbocycles. The Kier molecular flexibility index (Phi) is 6.93. The quantitative estimate of drug-likeness (QED) is 0.409. The standard InChI is InChI=1S/C24H30BrN3O3S/c1-4-18-5-7-19(8-6-18)27(16-17(2)3)32(29,30)21-9-10-22-23(15-21)28(26-24(22)25)20-11-13-31-14-12-20/h5-10,15,17,20H,4,11-14,16H2,1-3H3. The van der Waals surface area contributed by atoms with Crippen molar-refractivity contribution in [2.24, 2.45) is 5.92 Å². The summed E-state index contributed by atoms with van der Waals surface area (Å²) in [7, 11) is -3.75. The number of fused-ring (bicyclic) bond motifs is 1. The number of anilines is 1. The highest BCUT2D eigenvalue weighted by molar-refractivity contribution is 9.10. The second-order valence-corrected chi connectivity index (χ2v) is 11.3. The Balaban J connectivity index is 1.78. The molecule has 1 aliphatic rings. The maximum atomic E-state index is 13.8. The molecule has 0 saturated carbocycles. The summed E-state index contributed by atoms with van der Waals surface area (Å²) in [4.78, 5) is 0.283. The highest BCUT2D eigenvalue weighted by Crippen LogP contribution is 2.33. The van der Waals surface area contributed by atoms with E-state index in [-0.39, 0.29) is 16.9 Å². The lowest BCUT2D eigenvalue weighted by Crippen LogP contribution is -2.34. The third-order valence-corrected chi connectivity index (χ3v) is 8.30. The topological polar surface area (TPSA) is 64.4 Å². The van der Waals surface area contributed by atoms with Gasteiger partial charge in [-0.1, -0.05) is 32.9 Å². The summed E-state index contributed by atoms with van der Waals surface area (Å²) in [6.07, 6.45) is 2.64. The molecule has 0 radical (unpaired) electrons. The Morgan fingerprint density at radius 1 is 1.16 bits per heavy atom. The number of hydrogen-bond donors (Lipinski definition) is 0. The van der Waals surface area contributed by atoms with Crippen LogP contribution in [-0.4, -0.2) is 38.0 Å². The smallest absolute Gasteiger partial charge is 0.264 e. The van der Waals surface area contributed by atoms with E-state index in [4.69, 9.17) is 4.74 Å². The summed E-state index contributed by atoms with van der Waals surface area (Å²) in [5.74, 6) is 0.182. The SMILES string of the molecule is CCc1ccc(N(CC(C)C)S(=O)(=O)c2ccc3c(Br)nn(C4CCOCC4)c3c2)cc1. The number of benzene rings is 2. The molecule has 32 heavy (non-hydrogen) atoms. The predicted molar refractivity (Wildman–Crippen MR) is 132 cm³/mol. The van der Waals surface area contributed by atoms with Gasteiger partial charge in [-0.25, -0.2) is 8.42 Å². The molecule has 0 spiro atoms. The molecule has 1 aromatic heterocycles. The molecule has 0 N–H and O–H groups in total. The van der Waals surface area contributed by atoms with Crippen LogP contribution in [0.1, 0.15) is 45.2 Å². The van der Waals surface area contributed by atoms with Crippen LogP contribution in [0.4, 0.5) is 5.69 Å². The molecule has 1 saturated heterocycles. The van der Waals surface area contributed by atoms with Gasteiger partial charge in [-0.15, -0.1) is 0 Å². The maximum Gasteiger partial charge on any atom is 0.264 e. The van der Waals surface area contributed by atoms with E-state index in [1.54, 1.807) is 12.1 Å². The third kappa shape index (κ3) is 4.58. The van der Waals surface area contributed by atoms with Crippen molar-refractivity contribution in [1.29, 1.82) is 0 Å². The number of aryl methyl sites for hydroxylation is 1. The van der Waals surface area contributed by atoms with Crippen LogP contribution in [0.25, 0.3) is 10.9 Å². The third-order valence-electron chi connectivity index (χ3n) is 5.92. The molecule has 0 unspecified atom stereocenters. The van der Waals surface area contributed by atoms with Gasteiger partial charge in [0, 0.05) is 25.1 Å². The van der Waals surface area contributed by atoms with Gasteiger partial charge < -0.3 is 4.74 Å². The molecule has 172 valence electrons. The minimum atomic E-state index is -3.75. The highest BCUT2D eigenvalue weighted by Gasteiger charge is 2.28. The zero-order chi connectivity index (χ0) is 22.9. The molecule has 6 nitrogen and oxygen atoms in total. The molecular formula is C24H30BrN3O3S. The number of halogens is 1. The molecule has 0 aliphatic carbocycles. The zero-order valence-corrected chi connectivity index (χ0v) is 21.2. The van der Waals surface area contributed by atoms with Crippen molar-refractivity contribution < 1.29 is 13.2 Å². The lowest BCUT2D eigenvalue weighted by Gasteiger charge is -2.27. The first kappa shape index (κ1) is 23.3. The van der Waals surface area contributed by atoms with Crippen LogP contribution < -0.4 is 4.31 Å². The van der Waals surface area contributed by atoms with Crippen LogP contribution in [0.2, 0.25) is 0 Å². The van der Waals surface area contributed by atoms with Crippen molar-refractivity contribution in [3.63, 3.8) is 0 Å². The van der Waals surface area contributed by atoms with Crippen molar-refractivity contribution >= 4 is 42.5 Å². The maximum absolute atomic E-state index is 13.8. The summed E-state index contributed by atoms with van der Waals surface area (Å²) < 4.78 is 37.4. The highest BCUT2D eigenvalue weighted by atomic mass is 79.9. The number of rotatable bonds is 7. The number of nitrogens with zero attached hydrogens (tertiary/aromatic N) is 3. The van der Waals surface area contributed by atoms with E-state index in [1.165, 1.54) is 9.87 Å². The van der Waals surface area contributed by atoms with Gasteiger partial charge in [0.2, 0.25) is 0 Å². The molecule has 3 aromatic rings. The Labute approximate surface area is 198 Å². The van der Waals surface area contributed by atoms with Gasteiger partial charge >= 0.3 is 0 Å². The molecule has 1 aliphatic heterocycles. The molecule has 2 heterocycles. The summed E-state index contributed by atoms with van der Waals surface area (Å²) >= 11 is 3.55. The first-order chi connectivity index (χ1) is 15.3. The fourth-order valence-corrected chi connectivity index (χ4v) is 6.30. The summed E-state index contributed by atoms with van der Waals surface area (Å²) in [5, 5.41) is 5.59. The average molecular weight is 520 g/mol. The zero-order valence-electron chi connectivity index (χ0n) is 18.8. The Morgan fingerprint density at radius 2 is 1.84 bits per heavy atom. The molecular weight excluding hydrogens is 490 g/mol. The lowest BCUT2D eigenvalue weighted by atomic mass is 10.1. The summed E-state index contributed by atoms with van der Waals surface area (Å²) in [6, 6.07) is 13.3. The number of ether oxygens (including phenoxy) is 1. The van der Waals surface area contributed by atoms with Gasteiger partial charge in [0.15, 0.2) is 0 Å². The average Bonchev–Trinajstić information content (AvgIpc) is 3.14. The van der Waals surface area contributed by atoms with Gasteiger partial charge in [0.1, 0.15) is 4.60 Å². The molecule has 8 heteroatoms. The second kappa shape index (κ2) is 9.53. The van der Waals surface area contributed by atoms with Crippen molar-refractivity contribution in [2.45, 2.75) is 51.0 Å². The monoisotopic (exact) mass is 519 g/mol. The van der Waals surface area contributed by atoms with Crippen LogP contribution in [0.15, 0.2) is 52.0 Å². The van der Waals surface area contributed by atoms with Crippen LogP contribution >= 0.6 is 15.9 Å². The lowest BCUT2D eigenvalue weighted by molar-refractivity contribution is 0.0674. The Bertz CT molecular complexity index is 1180. The van der Waals surface area contributed by atoms with Crippen molar-refractivity contribution in [3.8, 4) is 0 Å². The first-order valence-corrected chi connectivity index (χ1v) is 13.4. The van der Waals surface area contributed by atoms with Gasteiger partial charge in [-0.05, 0) is 77.0 Å². The van der Waals surface area contributed by atoms with Crippen molar-refractivity contribution in [3.05, 3.63) is 52.6 Å². The number of hydrogen-bond acceptors (Lipinski definition) is 4. The van der Waals surface area contributed by atoms with Crippen LogP contribution in [0.3, 0.4) is 0 Å². The van der Waals surface area contributed by atoms with Crippen LogP contribution in [-0.2, 0) is 21.2 Å². The molecule has 0 amide bonds. The van der Waals surface area contributed by atoms with Crippen molar-refractivity contribution in [2.75, 3.05) is 24.1 Å². The van der Waals surface area contributed by atoms with E-state index < -0.39 is 10.0 Å². The minimum Gasteiger partial charge on any atom is -0.381 e. The molecule has 4 rings (SSSR count). The van der Waals surface area contributed by atoms with E-state index >= 15 is 0 Å². The van der Waals surface area contributed by atoms with Crippen LogP contribution in [0.5, 0.6) is 0 Å². The Hall–Kier alpha value is -1.90. The van der Waals surface area contributed by atoms with E-state index in [0.29, 0.717) is 25.4 Å². The summed E-state index contributed by atoms with van der Waals surface area (Å²) in [5.41, 5.74) is 2.70. The minimum absolute atomic E-state index is 0.182. The van der Waals surface area contributed by atoms with Gasteiger partial charge in [-0.3, -0.25) is 8.99 Å². The van der Waals surface area contributed by atoms with Gasteiger partial charge in [0.25, 0.3) is 10.0 Å². The van der Waals surface area contributed by atoms with E-state index in [0.717, 1.165) is 34.8 Å². The summed E-state index contributed by atoms with van der Waals surface area (Å²) in [6.45, 7) is 7.95. The van der Waals surface area contributed by atoms with Crippen molar-refractivity contribution in [1.82, 2.24) is 9.78 Å². The molecule has 0 bridgehead atoms. The number of sulfonamides is 1. The first-order valence-electron chi connectivity index (χ1n) is 11.2. The normalized spacial score (nSPS) is 15.5. The van der Waals surface area contributed by atoms with E-state index in [9.17, 15) is 8.42 Å².